The average Bonchev–Trinajstić information content (AvgIpc) is 2.31. The summed E-state index contributed by atoms with van der Waals surface area (Å²) in [5.74, 6) is 0. The Kier molecular flexibility index (Phi) is 4.90. The molecule has 0 radical (unpaired) electrons. The van der Waals surface area contributed by atoms with Crippen molar-refractivity contribution in [1.29, 1.82) is 0 Å². The fourth-order valence-electron chi connectivity index (χ4n) is 1.65. The first-order chi connectivity index (χ1) is 8.04. The van der Waals surface area contributed by atoms with Crippen LogP contribution in [0.15, 0.2) is 30.6 Å². The lowest BCUT2D eigenvalue weighted by Gasteiger charge is -2.40. The van der Waals surface area contributed by atoms with E-state index in [4.69, 9.17) is 5.11 Å². The number of hydrogen-bond acceptors (Lipinski definition) is 3. The summed E-state index contributed by atoms with van der Waals surface area (Å²) >= 11 is 0. The predicted octanol–water partition coefficient (Wildman–Crippen LogP) is 1.43. The number of pyridine rings is 1. The molecule has 0 bridgehead atoms. The van der Waals surface area contributed by atoms with Crippen molar-refractivity contribution in [3.63, 3.8) is 0 Å². The molecule has 5 nitrogen and oxygen atoms in total. The Labute approximate surface area is 101 Å². The maximum absolute atomic E-state index is 10.7. The third-order valence-corrected chi connectivity index (χ3v) is 2.60. The van der Waals surface area contributed by atoms with Crippen LogP contribution in [0.1, 0.15) is 13.8 Å². The lowest BCUT2D eigenvalue weighted by molar-refractivity contribution is 0.0766. The number of carboxylic acid groups (broad SMARTS) is 1. The summed E-state index contributed by atoms with van der Waals surface area (Å²) in [5.41, 5.74) is -0.260. The van der Waals surface area contributed by atoms with E-state index in [0.717, 1.165) is 13.1 Å². The lowest BCUT2D eigenvalue weighted by atomic mass is 10.0. The van der Waals surface area contributed by atoms with Crippen LogP contribution in [0.4, 0.5) is 4.79 Å². The van der Waals surface area contributed by atoms with Crippen molar-refractivity contribution in [3.05, 3.63) is 30.6 Å². The van der Waals surface area contributed by atoms with E-state index in [2.05, 4.69) is 10.3 Å². The van der Waals surface area contributed by atoms with E-state index in [9.17, 15) is 4.79 Å². The Bertz CT molecular complexity index is 314. The number of piperazine rings is 1. The van der Waals surface area contributed by atoms with E-state index in [-0.39, 0.29) is 5.54 Å². The molecule has 1 aromatic heterocycles. The molecule has 0 aliphatic carbocycles. The summed E-state index contributed by atoms with van der Waals surface area (Å²) in [6.07, 6.45) is 2.68. The summed E-state index contributed by atoms with van der Waals surface area (Å²) in [6, 6.07) is 5.72. The third kappa shape index (κ3) is 4.40. The monoisotopic (exact) mass is 237 g/mol. The highest BCUT2D eigenvalue weighted by atomic mass is 16.4. The van der Waals surface area contributed by atoms with Crippen LogP contribution in [0, 0.1) is 0 Å². The molecule has 0 atom stereocenters. The molecular weight excluding hydrogens is 218 g/mol. The van der Waals surface area contributed by atoms with E-state index in [1.54, 1.807) is 12.4 Å². The smallest absolute Gasteiger partial charge is 0.407 e. The fourth-order valence-corrected chi connectivity index (χ4v) is 1.65. The highest BCUT2D eigenvalue weighted by Gasteiger charge is 2.32. The molecule has 1 amide bonds. The summed E-state index contributed by atoms with van der Waals surface area (Å²) in [7, 11) is 0. The SMILES string of the molecule is CC1(C)CNCCN1C(=O)O.c1ccncc1. The highest BCUT2D eigenvalue weighted by Crippen LogP contribution is 2.15. The second-order valence-corrected chi connectivity index (χ2v) is 4.45. The average molecular weight is 237 g/mol. The molecule has 1 aliphatic rings. The molecule has 0 saturated carbocycles. The largest absolute Gasteiger partial charge is 0.465 e. The molecule has 94 valence electrons. The molecule has 17 heavy (non-hydrogen) atoms. The van der Waals surface area contributed by atoms with Crippen LogP contribution in [0.25, 0.3) is 0 Å². The number of rotatable bonds is 0. The van der Waals surface area contributed by atoms with Crippen LogP contribution in [-0.4, -0.2) is 46.3 Å². The zero-order valence-corrected chi connectivity index (χ0v) is 10.3. The van der Waals surface area contributed by atoms with E-state index in [1.807, 2.05) is 32.0 Å². The second-order valence-electron chi connectivity index (χ2n) is 4.45. The van der Waals surface area contributed by atoms with Crippen LogP contribution < -0.4 is 5.32 Å². The predicted molar refractivity (Wildman–Crippen MR) is 65.9 cm³/mol. The number of amides is 1. The third-order valence-electron chi connectivity index (χ3n) is 2.60. The van der Waals surface area contributed by atoms with Gasteiger partial charge in [0, 0.05) is 32.0 Å². The molecule has 2 rings (SSSR count). The lowest BCUT2D eigenvalue weighted by Crippen LogP contribution is -2.59. The maximum atomic E-state index is 10.7. The van der Waals surface area contributed by atoms with E-state index >= 15 is 0 Å². The van der Waals surface area contributed by atoms with Crippen LogP contribution >= 0.6 is 0 Å². The Morgan fingerprint density at radius 2 is 2.00 bits per heavy atom. The van der Waals surface area contributed by atoms with Gasteiger partial charge >= 0.3 is 6.09 Å². The molecule has 2 heterocycles. The molecule has 1 aliphatic heterocycles. The molecule has 0 spiro atoms. The first-order valence-corrected chi connectivity index (χ1v) is 5.60. The van der Waals surface area contributed by atoms with Crippen molar-refractivity contribution in [1.82, 2.24) is 15.2 Å². The van der Waals surface area contributed by atoms with Gasteiger partial charge in [-0.15, -0.1) is 0 Å². The molecule has 0 unspecified atom stereocenters. The van der Waals surface area contributed by atoms with Crippen molar-refractivity contribution < 1.29 is 9.90 Å². The van der Waals surface area contributed by atoms with Crippen LogP contribution in [0.2, 0.25) is 0 Å². The van der Waals surface area contributed by atoms with Gasteiger partial charge in [-0.05, 0) is 26.0 Å². The molecule has 1 saturated heterocycles. The van der Waals surface area contributed by atoms with Gasteiger partial charge in [0.15, 0.2) is 0 Å². The Morgan fingerprint density at radius 3 is 2.29 bits per heavy atom. The van der Waals surface area contributed by atoms with Crippen LogP contribution in [-0.2, 0) is 0 Å². The van der Waals surface area contributed by atoms with Gasteiger partial charge in [0.2, 0.25) is 0 Å². The normalized spacial score (nSPS) is 17.9. The van der Waals surface area contributed by atoms with Crippen molar-refractivity contribution in [2.45, 2.75) is 19.4 Å². The number of hydrogen-bond donors (Lipinski definition) is 2. The molecule has 2 N–H and O–H groups in total. The standard InChI is InChI=1S/C7H14N2O2.C5H5N/c1-7(2)5-8-3-4-9(7)6(10)11;1-2-4-6-5-3-1/h8H,3-5H2,1-2H3,(H,10,11);1-5H. The topological polar surface area (TPSA) is 65.5 Å². The molecule has 1 fully saturated rings. The van der Waals surface area contributed by atoms with Crippen molar-refractivity contribution in [2.24, 2.45) is 0 Å². The maximum Gasteiger partial charge on any atom is 0.407 e. The zero-order chi connectivity index (χ0) is 12.7. The first kappa shape index (κ1) is 13.4. The highest BCUT2D eigenvalue weighted by molar-refractivity contribution is 5.66. The Morgan fingerprint density at radius 1 is 1.35 bits per heavy atom. The Hall–Kier alpha value is -1.62. The van der Waals surface area contributed by atoms with Crippen LogP contribution in [0.5, 0.6) is 0 Å². The van der Waals surface area contributed by atoms with E-state index in [0.29, 0.717) is 6.54 Å². The van der Waals surface area contributed by atoms with Crippen molar-refractivity contribution >= 4 is 6.09 Å². The van der Waals surface area contributed by atoms with Gasteiger partial charge in [0.25, 0.3) is 0 Å². The summed E-state index contributed by atoms with van der Waals surface area (Å²) in [6.45, 7) is 5.93. The molecule has 0 aromatic carbocycles. The first-order valence-electron chi connectivity index (χ1n) is 5.60. The van der Waals surface area contributed by atoms with Gasteiger partial charge in [-0.25, -0.2) is 4.79 Å². The van der Waals surface area contributed by atoms with Gasteiger partial charge in [-0.3, -0.25) is 4.98 Å². The number of nitrogens with one attached hydrogen (secondary N) is 1. The van der Waals surface area contributed by atoms with Gasteiger partial charge in [0.05, 0.1) is 5.54 Å². The number of aromatic nitrogens is 1. The van der Waals surface area contributed by atoms with Gasteiger partial charge in [0.1, 0.15) is 0 Å². The summed E-state index contributed by atoms with van der Waals surface area (Å²) in [5, 5.41) is 11.9. The van der Waals surface area contributed by atoms with Crippen molar-refractivity contribution in [3.8, 4) is 0 Å². The quantitative estimate of drug-likeness (QED) is 0.716. The van der Waals surface area contributed by atoms with E-state index < -0.39 is 6.09 Å². The van der Waals surface area contributed by atoms with Gasteiger partial charge < -0.3 is 15.3 Å². The van der Waals surface area contributed by atoms with E-state index in [1.165, 1.54) is 4.90 Å². The molecular formula is C12H19N3O2. The summed E-state index contributed by atoms with van der Waals surface area (Å²) < 4.78 is 0. The molecule has 1 aromatic rings. The minimum Gasteiger partial charge on any atom is -0.465 e. The number of nitrogens with zero attached hydrogens (tertiary/aromatic N) is 2. The fraction of sp³-hybridized carbons (Fsp3) is 0.500. The Balaban J connectivity index is 0.000000202. The van der Waals surface area contributed by atoms with Crippen molar-refractivity contribution in [2.75, 3.05) is 19.6 Å². The second kappa shape index (κ2) is 6.20. The number of carbonyl (C=O) groups is 1. The van der Waals surface area contributed by atoms with Gasteiger partial charge in [-0.2, -0.15) is 0 Å². The minimum atomic E-state index is -0.823. The minimum absolute atomic E-state index is 0.260. The summed E-state index contributed by atoms with van der Waals surface area (Å²) in [4.78, 5) is 15.9. The zero-order valence-electron chi connectivity index (χ0n) is 10.3. The molecule has 5 heteroatoms. The van der Waals surface area contributed by atoms with Gasteiger partial charge in [-0.1, -0.05) is 6.07 Å². The van der Waals surface area contributed by atoms with Crippen LogP contribution in [0.3, 0.4) is 0 Å².